The number of rotatable bonds is 3. The molecule has 1 rings (SSSR count). The van der Waals surface area contributed by atoms with Gasteiger partial charge in [0.05, 0.1) is 11.6 Å². The third-order valence-corrected chi connectivity index (χ3v) is 3.51. The van der Waals surface area contributed by atoms with E-state index in [1.54, 1.807) is 0 Å². The summed E-state index contributed by atoms with van der Waals surface area (Å²) in [5, 5.41) is 2.92. The predicted octanol–water partition coefficient (Wildman–Crippen LogP) is 2.99. The lowest BCUT2D eigenvalue weighted by Crippen LogP contribution is -2.34. The van der Waals surface area contributed by atoms with Gasteiger partial charge in [-0.3, -0.25) is 4.79 Å². The number of halogens is 1. The lowest BCUT2D eigenvalue weighted by atomic mass is 10.0. The van der Waals surface area contributed by atoms with Gasteiger partial charge in [-0.15, -0.1) is 0 Å². The Bertz CT molecular complexity index is 406. The number of hydrogen-bond donors (Lipinski definition) is 2. The first-order valence-electron chi connectivity index (χ1n) is 5.66. The number of anilines is 1. The molecule has 0 fully saturated rings. The normalized spacial score (nSPS) is 14.2. The maximum Gasteiger partial charge on any atom is 0.228 e. The highest BCUT2D eigenvalue weighted by Gasteiger charge is 2.18. The van der Waals surface area contributed by atoms with E-state index in [0.29, 0.717) is 0 Å². The van der Waals surface area contributed by atoms with E-state index < -0.39 is 0 Å². The number of hydrogen-bond acceptors (Lipinski definition) is 2. The second-order valence-corrected chi connectivity index (χ2v) is 5.43. The van der Waals surface area contributed by atoms with Crippen LogP contribution in [0.3, 0.4) is 0 Å². The smallest absolute Gasteiger partial charge is 0.228 e. The van der Waals surface area contributed by atoms with Crippen LogP contribution in [0.2, 0.25) is 0 Å². The van der Waals surface area contributed by atoms with Crippen molar-refractivity contribution in [2.24, 2.45) is 11.7 Å². The summed E-state index contributed by atoms with van der Waals surface area (Å²) in [4.78, 5) is 11.9. The molecule has 0 aliphatic heterocycles. The van der Waals surface area contributed by atoms with E-state index >= 15 is 0 Å². The van der Waals surface area contributed by atoms with Crippen LogP contribution in [-0.2, 0) is 4.79 Å². The molecule has 1 aromatic carbocycles. The first-order valence-corrected chi connectivity index (χ1v) is 6.45. The van der Waals surface area contributed by atoms with Crippen molar-refractivity contribution in [3.8, 4) is 0 Å². The van der Waals surface area contributed by atoms with E-state index in [9.17, 15) is 4.79 Å². The van der Waals surface area contributed by atoms with Gasteiger partial charge in [-0.2, -0.15) is 0 Å². The molecule has 4 heteroatoms. The van der Waals surface area contributed by atoms with E-state index in [0.717, 1.165) is 21.3 Å². The van der Waals surface area contributed by atoms with Crippen LogP contribution < -0.4 is 11.1 Å². The predicted molar refractivity (Wildman–Crippen MR) is 75.1 cm³/mol. The number of nitrogens with two attached hydrogens (primary N) is 1. The highest BCUT2D eigenvalue weighted by Crippen LogP contribution is 2.28. The van der Waals surface area contributed by atoms with Crippen LogP contribution in [0.1, 0.15) is 25.0 Å². The minimum atomic E-state index is -0.206. The molecule has 0 saturated carbocycles. The largest absolute Gasteiger partial charge is 0.327 e. The molecule has 0 aromatic heterocycles. The first-order chi connectivity index (χ1) is 7.82. The number of nitrogens with one attached hydrogen (secondary N) is 1. The van der Waals surface area contributed by atoms with E-state index in [4.69, 9.17) is 5.73 Å². The third kappa shape index (κ3) is 3.54. The Morgan fingerprint density at radius 3 is 2.41 bits per heavy atom. The van der Waals surface area contributed by atoms with Crippen molar-refractivity contribution >= 4 is 27.5 Å². The highest BCUT2D eigenvalue weighted by molar-refractivity contribution is 9.10. The van der Waals surface area contributed by atoms with Gasteiger partial charge in [-0.25, -0.2) is 0 Å². The number of amides is 1. The van der Waals surface area contributed by atoms with Crippen molar-refractivity contribution in [2.45, 2.75) is 33.7 Å². The van der Waals surface area contributed by atoms with Gasteiger partial charge in [0.2, 0.25) is 5.91 Å². The number of carbonyl (C=O) groups is 1. The molecular formula is C13H19BrN2O. The second-order valence-electron chi connectivity index (χ2n) is 4.58. The molecule has 0 radical (unpaired) electrons. The zero-order valence-corrected chi connectivity index (χ0v) is 12.3. The molecule has 3 nitrogen and oxygen atoms in total. The lowest BCUT2D eigenvalue weighted by molar-refractivity contribution is -0.119. The molecule has 1 aromatic rings. The summed E-state index contributed by atoms with van der Waals surface area (Å²) in [6.07, 6.45) is 0. The van der Waals surface area contributed by atoms with Crippen LogP contribution >= 0.6 is 15.9 Å². The SMILES string of the molecule is Cc1cc(C)c(NC(=O)C(C)C(C)N)c(Br)c1. The molecule has 0 heterocycles. The Morgan fingerprint density at radius 2 is 1.94 bits per heavy atom. The summed E-state index contributed by atoms with van der Waals surface area (Å²) >= 11 is 3.47. The fraction of sp³-hybridized carbons (Fsp3) is 0.462. The summed E-state index contributed by atoms with van der Waals surface area (Å²) in [6, 6.07) is 3.87. The molecule has 3 N–H and O–H groups in total. The molecule has 1 amide bonds. The zero-order valence-electron chi connectivity index (χ0n) is 10.7. The van der Waals surface area contributed by atoms with Gasteiger partial charge < -0.3 is 11.1 Å². The maximum atomic E-state index is 11.9. The maximum absolute atomic E-state index is 11.9. The summed E-state index contributed by atoms with van der Waals surface area (Å²) in [5.41, 5.74) is 8.75. The summed E-state index contributed by atoms with van der Waals surface area (Å²) in [7, 11) is 0. The van der Waals surface area contributed by atoms with Gasteiger partial charge in [-0.1, -0.05) is 13.0 Å². The third-order valence-electron chi connectivity index (χ3n) is 2.88. The van der Waals surface area contributed by atoms with Crippen LogP contribution in [0.25, 0.3) is 0 Å². The number of benzene rings is 1. The summed E-state index contributed by atoms with van der Waals surface area (Å²) < 4.78 is 0.903. The molecule has 2 unspecified atom stereocenters. The fourth-order valence-electron chi connectivity index (χ4n) is 1.55. The topological polar surface area (TPSA) is 55.1 Å². The molecule has 94 valence electrons. The first kappa shape index (κ1) is 14.2. The van der Waals surface area contributed by atoms with Crippen molar-refractivity contribution in [2.75, 3.05) is 5.32 Å². The standard InChI is InChI=1S/C13H19BrN2O/c1-7-5-8(2)12(11(14)6-7)16-13(17)9(3)10(4)15/h5-6,9-10H,15H2,1-4H3,(H,16,17). The van der Waals surface area contributed by atoms with Gasteiger partial charge in [0.25, 0.3) is 0 Å². The quantitative estimate of drug-likeness (QED) is 0.901. The summed E-state index contributed by atoms with van der Waals surface area (Å²) in [6.45, 7) is 7.66. The molecule has 0 bridgehead atoms. The van der Waals surface area contributed by atoms with E-state index in [2.05, 4.69) is 21.2 Å². The van der Waals surface area contributed by atoms with Gasteiger partial charge in [0.1, 0.15) is 0 Å². The Labute approximate surface area is 111 Å². The van der Waals surface area contributed by atoms with Crippen molar-refractivity contribution in [1.29, 1.82) is 0 Å². The van der Waals surface area contributed by atoms with E-state index in [-0.39, 0.29) is 17.9 Å². The van der Waals surface area contributed by atoms with Gasteiger partial charge in [0.15, 0.2) is 0 Å². The van der Waals surface area contributed by atoms with E-state index in [1.807, 2.05) is 39.8 Å². The monoisotopic (exact) mass is 298 g/mol. The molecule has 2 atom stereocenters. The lowest BCUT2D eigenvalue weighted by Gasteiger charge is -2.17. The van der Waals surface area contributed by atoms with Crippen molar-refractivity contribution in [3.63, 3.8) is 0 Å². The number of aryl methyl sites for hydroxylation is 2. The Hall–Kier alpha value is -0.870. The highest BCUT2D eigenvalue weighted by atomic mass is 79.9. The Balaban J connectivity index is 2.93. The zero-order chi connectivity index (χ0) is 13.2. The van der Waals surface area contributed by atoms with Crippen molar-refractivity contribution in [3.05, 3.63) is 27.7 Å². The van der Waals surface area contributed by atoms with E-state index in [1.165, 1.54) is 0 Å². The van der Waals surface area contributed by atoms with Crippen molar-refractivity contribution < 1.29 is 4.79 Å². The number of carbonyl (C=O) groups excluding carboxylic acids is 1. The minimum absolute atomic E-state index is 0.0485. The Kier molecular flexibility index (Phi) is 4.71. The van der Waals surface area contributed by atoms with Gasteiger partial charge in [0, 0.05) is 10.5 Å². The summed E-state index contributed by atoms with van der Waals surface area (Å²) in [5.74, 6) is -0.254. The Morgan fingerprint density at radius 1 is 1.35 bits per heavy atom. The van der Waals surface area contributed by atoms with Crippen LogP contribution in [-0.4, -0.2) is 11.9 Å². The average Bonchev–Trinajstić information content (AvgIpc) is 2.21. The minimum Gasteiger partial charge on any atom is -0.327 e. The molecule has 0 aliphatic rings. The fourth-order valence-corrected chi connectivity index (χ4v) is 2.32. The van der Waals surface area contributed by atoms with Gasteiger partial charge >= 0.3 is 0 Å². The van der Waals surface area contributed by atoms with Crippen LogP contribution in [0.15, 0.2) is 16.6 Å². The molecule has 0 saturated heterocycles. The molecular weight excluding hydrogens is 280 g/mol. The molecule has 17 heavy (non-hydrogen) atoms. The molecule has 0 aliphatic carbocycles. The second kappa shape index (κ2) is 5.65. The van der Waals surface area contributed by atoms with Gasteiger partial charge in [-0.05, 0) is 53.9 Å². The molecule has 0 spiro atoms. The van der Waals surface area contributed by atoms with Crippen LogP contribution in [0, 0.1) is 19.8 Å². The van der Waals surface area contributed by atoms with Crippen LogP contribution in [0.4, 0.5) is 5.69 Å². The average molecular weight is 299 g/mol. The van der Waals surface area contributed by atoms with Crippen molar-refractivity contribution in [1.82, 2.24) is 0 Å². The van der Waals surface area contributed by atoms with Crippen LogP contribution in [0.5, 0.6) is 0 Å².